The average molecular weight is 243 g/mol. The summed E-state index contributed by atoms with van der Waals surface area (Å²) in [5.74, 6) is 1.60. The van der Waals surface area contributed by atoms with Crippen LogP contribution in [0.1, 0.15) is 47.8 Å². The van der Waals surface area contributed by atoms with Gasteiger partial charge in [-0.2, -0.15) is 0 Å². The molecule has 3 rings (SSSR count). The van der Waals surface area contributed by atoms with Crippen molar-refractivity contribution in [2.24, 2.45) is 5.73 Å². The number of fused-ring (bicyclic) bond motifs is 1. The zero-order valence-corrected chi connectivity index (χ0v) is 10.3. The molecule has 94 valence electrons. The van der Waals surface area contributed by atoms with Gasteiger partial charge in [-0.25, -0.2) is 4.98 Å². The fourth-order valence-corrected chi connectivity index (χ4v) is 2.71. The summed E-state index contributed by atoms with van der Waals surface area (Å²) in [5.41, 5.74) is 7.91. The van der Waals surface area contributed by atoms with Crippen molar-refractivity contribution in [3.63, 3.8) is 0 Å². The molecular formula is C14H17N3O. The van der Waals surface area contributed by atoms with Crippen molar-refractivity contribution in [3.8, 4) is 0 Å². The molecule has 4 heteroatoms. The molecule has 1 aromatic heterocycles. The van der Waals surface area contributed by atoms with Crippen molar-refractivity contribution in [2.45, 2.75) is 31.6 Å². The van der Waals surface area contributed by atoms with Crippen LogP contribution in [0.2, 0.25) is 0 Å². The van der Waals surface area contributed by atoms with Crippen LogP contribution in [0.4, 0.5) is 0 Å². The van der Waals surface area contributed by atoms with Gasteiger partial charge >= 0.3 is 0 Å². The van der Waals surface area contributed by atoms with E-state index in [9.17, 15) is 4.79 Å². The van der Waals surface area contributed by atoms with Gasteiger partial charge in [0.1, 0.15) is 5.82 Å². The van der Waals surface area contributed by atoms with Crippen molar-refractivity contribution in [2.75, 3.05) is 6.54 Å². The molecule has 18 heavy (non-hydrogen) atoms. The average Bonchev–Trinajstić information content (AvgIpc) is 3.04. The Bertz CT molecular complexity index is 582. The second-order valence-corrected chi connectivity index (χ2v) is 4.96. The largest absolute Gasteiger partial charge is 0.342 e. The number of imidazole rings is 1. The number of nitrogens with zero attached hydrogens (tertiary/aromatic N) is 1. The first-order valence-electron chi connectivity index (χ1n) is 6.51. The predicted octanol–water partition coefficient (Wildman–Crippen LogP) is 2.36. The van der Waals surface area contributed by atoms with E-state index in [1.807, 2.05) is 12.1 Å². The number of H-pyrrole nitrogens is 1. The second kappa shape index (κ2) is 4.53. The van der Waals surface area contributed by atoms with Crippen LogP contribution in [0, 0.1) is 0 Å². The molecular weight excluding hydrogens is 226 g/mol. The maximum Gasteiger partial charge on any atom is 0.176 e. The number of ketones is 1. The Morgan fingerprint density at radius 1 is 1.39 bits per heavy atom. The molecule has 1 fully saturated rings. The van der Waals surface area contributed by atoms with Gasteiger partial charge in [0, 0.05) is 11.5 Å². The van der Waals surface area contributed by atoms with Gasteiger partial charge in [-0.15, -0.1) is 0 Å². The maximum absolute atomic E-state index is 11.6. The molecule has 0 radical (unpaired) electrons. The first kappa shape index (κ1) is 11.4. The lowest BCUT2D eigenvalue weighted by atomic mass is 10.1. The van der Waals surface area contributed by atoms with Crippen LogP contribution in [-0.2, 0) is 0 Å². The van der Waals surface area contributed by atoms with Gasteiger partial charge < -0.3 is 10.7 Å². The lowest BCUT2D eigenvalue weighted by molar-refractivity contribution is 0.100. The van der Waals surface area contributed by atoms with Crippen LogP contribution >= 0.6 is 0 Å². The van der Waals surface area contributed by atoms with Gasteiger partial charge in [-0.05, 0) is 31.0 Å². The summed E-state index contributed by atoms with van der Waals surface area (Å²) < 4.78 is 0. The summed E-state index contributed by atoms with van der Waals surface area (Å²) in [6.07, 6.45) is 5.01. The molecule has 1 saturated carbocycles. The zero-order chi connectivity index (χ0) is 12.5. The number of nitrogens with one attached hydrogen (secondary N) is 1. The van der Waals surface area contributed by atoms with E-state index in [0.29, 0.717) is 11.5 Å². The van der Waals surface area contributed by atoms with Crippen LogP contribution < -0.4 is 5.73 Å². The molecule has 1 aliphatic rings. The summed E-state index contributed by atoms with van der Waals surface area (Å²) >= 11 is 0. The van der Waals surface area contributed by atoms with Gasteiger partial charge in [0.15, 0.2) is 5.78 Å². The lowest BCUT2D eigenvalue weighted by Gasteiger charge is -2.02. The Morgan fingerprint density at radius 3 is 2.89 bits per heavy atom. The quantitative estimate of drug-likeness (QED) is 0.813. The second-order valence-electron chi connectivity index (χ2n) is 4.96. The number of Topliss-reactive ketones (excluding diaryl/α,β-unsaturated/α-hetero) is 1. The fourth-order valence-electron chi connectivity index (χ4n) is 2.71. The van der Waals surface area contributed by atoms with Crippen molar-refractivity contribution in [1.29, 1.82) is 0 Å². The van der Waals surface area contributed by atoms with Gasteiger partial charge in [-0.3, -0.25) is 4.79 Å². The number of aromatic amines is 1. The highest BCUT2D eigenvalue weighted by Crippen LogP contribution is 2.33. The van der Waals surface area contributed by atoms with Crippen molar-refractivity contribution in [3.05, 3.63) is 29.6 Å². The number of rotatable bonds is 3. The predicted molar refractivity (Wildman–Crippen MR) is 70.7 cm³/mol. The summed E-state index contributed by atoms with van der Waals surface area (Å²) in [6.45, 7) is 0.0507. The van der Waals surface area contributed by atoms with Crippen molar-refractivity contribution >= 4 is 16.8 Å². The standard InChI is InChI=1S/C14H17N3O/c15-8-13(18)10-5-6-11-12(7-10)17-14(16-11)9-3-1-2-4-9/h5-7,9H,1-4,8,15H2,(H,16,17). The Hall–Kier alpha value is -1.68. The summed E-state index contributed by atoms with van der Waals surface area (Å²) in [7, 11) is 0. The van der Waals surface area contributed by atoms with E-state index in [4.69, 9.17) is 5.73 Å². The number of carbonyl (C=O) groups excluding carboxylic acids is 1. The van der Waals surface area contributed by atoms with E-state index in [1.165, 1.54) is 25.7 Å². The molecule has 1 heterocycles. The summed E-state index contributed by atoms with van der Waals surface area (Å²) in [4.78, 5) is 19.5. The van der Waals surface area contributed by atoms with Crippen LogP contribution in [0.5, 0.6) is 0 Å². The van der Waals surface area contributed by atoms with Gasteiger partial charge in [0.05, 0.1) is 17.6 Å². The molecule has 4 nitrogen and oxygen atoms in total. The van der Waals surface area contributed by atoms with Gasteiger partial charge in [-0.1, -0.05) is 12.8 Å². The topological polar surface area (TPSA) is 71.8 Å². The minimum absolute atomic E-state index is 0.0334. The normalized spacial score (nSPS) is 16.5. The highest BCUT2D eigenvalue weighted by atomic mass is 16.1. The molecule has 1 aromatic carbocycles. The first-order chi connectivity index (χ1) is 8.78. The smallest absolute Gasteiger partial charge is 0.176 e. The van der Waals surface area contributed by atoms with E-state index in [0.717, 1.165) is 16.9 Å². The highest BCUT2D eigenvalue weighted by molar-refractivity contribution is 6.00. The monoisotopic (exact) mass is 243 g/mol. The third-order valence-electron chi connectivity index (χ3n) is 3.75. The van der Waals surface area contributed by atoms with Crippen LogP contribution in [0.3, 0.4) is 0 Å². The van der Waals surface area contributed by atoms with E-state index in [1.54, 1.807) is 6.07 Å². The molecule has 2 aromatic rings. The van der Waals surface area contributed by atoms with Crippen molar-refractivity contribution < 1.29 is 4.79 Å². The number of carbonyl (C=O) groups is 1. The number of nitrogens with two attached hydrogens (primary N) is 1. The number of aromatic nitrogens is 2. The molecule has 3 N–H and O–H groups in total. The highest BCUT2D eigenvalue weighted by Gasteiger charge is 2.20. The number of hydrogen-bond acceptors (Lipinski definition) is 3. The van der Waals surface area contributed by atoms with Crippen molar-refractivity contribution in [1.82, 2.24) is 9.97 Å². The van der Waals surface area contributed by atoms with Crippen LogP contribution in [0.25, 0.3) is 11.0 Å². The molecule has 0 unspecified atom stereocenters. The van der Waals surface area contributed by atoms with Crippen LogP contribution in [-0.4, -0.2) is 22.3 Å². The lowest BCUT2D eigenvalue weighted by Crippen LogP contribution is -2.13. The minimum atomic E-state index is -0.0334. The van der Waals surface area contributed by atoms with E-state index >= 15 is 0 Å². The van der Waals surface area contributed by atoms with Gasteiger partial charge in [0.25, 0.3) is 0 Å². The first-order valence-corrected chi connectivity index (χ1v) is 6.51. The summed E-state index contributed by atoms with van der Waals surface area (Å²) in [6, 6.07) is 5.56. The van der Waals surface area contributed by atoms with Crippen LogP contribution in [0.15, 0.2) is 18.2 Å². The fraction of sp³-hybridized carbons (Fsp3) is 0.429. The third kappa shape index (κ3) is 1.93. The maximum atomic E-state index is 11.6. The number of hydrogen-bond donors (Lipinski definition) is 2. The van der Waals surface area contributed by atoms with E-state index in [-0.39, 0.29) is 12.3 Å². The molecule has 1 aliphatic carbocycles. The molecule has 0 aliphatic heterocycles. The Morgan fingerprint density at radius 2 is 2.17 bits per heavy atom. The SMILES string of the molecule is NCC(=O)c1ccc2nc(C3CCCC3)[nH]c2c1. The Kier molecular flexibility index (Phi) is 2.88. The summed E-state index contributed by atoms with van der Waals surface area (Å²) in [5, 5.41) is 0. The molecule has 0 atom stereocenters. The van der Waals surface area contributed by atoms with Gasteiger partial charge in [0.2, 0.25) is 0 Å². The number of benzene rings is 1. The van der Waals surface area contributed by atoms with E-state index < -0.39 is 0 Å². The molecule has 0 spiro atoms. The molecule has 0 saturated heterocycles. The molecule has 0 amide bonds. The Balaban J connectivity index is 1.98. The molecule has 0 bridgehead atoms. The zero-order valence-electron chi connectivity index (χ0n) is 10.3. The minimum Gasteiger partial charge on any atom is -0.342 e. The van der Waals surface area contributed by atoms with E-state index in [2.05, 4.69) is 9.97 Å². The third-order valence-corrected chi connectivity index (χ3v) is 3.75. The Labute approximate surface area is 106 Å².